The van der Waals surface area contributed by atoms with E-state index in [-0.39, 0.29) is 23.7 Å². The van der Waals surface area contributed by atoms with Crippen LogP contribution in [0, 0.1) is 0 Å². The highest BCUT2D eigenvalue weighted by molar-refractivity contribution is 6.34. The number of carbonyl (C=O) groups excluding carboxylic acids is 2. The van der Waals surface area contributed by atoms with Gasteiger partial charge in [0.25, 0.3) is 0 Å². The van der Waals surface area contributed by atoms with Crippen LogP contribution in [-0.2, 0) is 0 Å². The highest BCUT2D eigenvalue weighted by atomic mass is 16.3. The van der Waals surface area contributed by atoms with E-state index in [1.807, 2.05) is 36.4 Å². The number of phenolic OH excluding ortho intramolecular Hbond substituents is 1. The van der Waals surface area contributed by atoms with Crippen molar-refractivity contribution in [2.75, 3.05) is 0 Å². The Morgan fingerprint density at radius 1 is 0.840 bits per heavy atom. The van der Waals surface area contributed by atoms with Gasteiger partial charge in [-0.05, 0) is 29.3 Å². The van der Waals surface area contributed by atoms with Crippen LogP contribution in [0.3, 0.4) is 0 Å². The van der Waals surface area contributed by atoms with Gasteiger partial charge in [-0.3, -0.25) is 9.59 Å². The van der Waals surface area contributed by atoms with E-state index in [0.29, 0.717) is 11.1 Å². The van der Waals surface area contributed by atoms with Crippen molar-refractivity contribution in [1.29, 1.82) is 0 Å². The molecule has 0 atom stereocenters. The Labute approximate surface area is 142 Å². The molecule has 3 aromatic carbocycles. The molecule has 0 saturated heterocycles. The van der Waals surface area contributed by atoms with Crippen molar-refractivity contribution in [3.05, 3.63) is 65.7 Å². The van der Waals surface area contributed by atoms with Crippen molar-refractivity contribution in [1.82, 2.24) is 4.98 Å². The smallest absolute Gasteiger partial charge is 0.172 e. The van der Waals surface area contributed by atoms with Gasteiger partial charge in [-0.2, -0.15) is 0 Å². The minimum Gasteiger partial charge on any atom is -0.508 e. The predicted octanol–water partition coefficient (Wildman–Crippen LogP) is 4.46. The highest BCUT2D eigenvalue weighted by Gasteiger charge is 2.33. The second-order valence-electron chi connectivity index (χ2n) is 6.34. The summed E-state index contributed by atoms with van der Waals surface area (Å²) in [6, 6.07) is 16.5. The van der Waals surface area contributed by atoms with Gasteiger partial charge in [0.15, 0.2) is 11.6 Å². The lowest BCUT2D eigenvalue weighted by atomic mass is 9.93. The molecule has 4 heteroatoms. The fourth-order valence-corrected chi connectivity index (χ4v) is 3.80. The van der Waals surface area contributed by atoms with E-state index < -0.39 is 0 Å². The minimum absolute atomic E-state index is 0.0843. The Hall–Kier alpha value is -3.40. The first kappa shape index (κ1) is 14.0. The number of fused-ring (bicyclic) bond motifs is 5. The van der Waals surface area contributed by atoms with Crippen LogP contribution in [0.25, 0.3) is 32.9 Å². The molecule has 1 aliphatic rings. The number of Topliss-reactive ketones (excluding diaryl/α,β-unsaturated/α-hetero) is 2. The van der Waals surface area contributed by atoms with Crippen molar-refractivity contribution in [3.8, 4) is 16.9 Å². The molecule has 5 rings (SSSR count). The molecule has 0 radical (unpaired) electrons. The van der Waals surface area contributed by atoms with E-state index in [0.717, 1.165) is 32.9 Å². The second kappa shape index (κ2) is 4.80. The highest BCUT2D eigenvalue weighted by Crippen LogP contribution is 2.41. The molecule has 2 N–H and O–H groups in total. The van der Waals surface area contributed by atoms with Crippen LogP contribution in [0.1, 0.15) is 27.1 Å². The monoisotopic (exact) mass is 327 g/mol. The third-order valence-electron chi connectivity index (χ3n) is 4.83. The number of aromatic hydroxyl groups is 1. The standard InChI is InChI=1S/C21H13NO3/c23-12-6-7-13-15(8-12)22-16-9-14(11-4-2-1-3-5-11)20-17(24)10-18(25)21(20)19(13)16/h1-9,22-23H,10H2. The number of phenols is 1. The normalized spacial score (nSPS) is 13.8. The maximum atomic E-state index is 12.6. The molecule has 25 heavy (non-hydrogen) atoms. The van der Waals surface area contributed by atoms with Crippen molar-refractivity contribution < 1.29 is 14.7 Å². The van der Waals surface area contributed by atoms with E-state index >= 15 is 0 Å². The number of hydrogen-bond donors (Lipinski definition) is 2. The molecule has 4 aromatic rings. The average molecular weight is 327 g/mol. The van der Waals surface area contributed by atoms with Crippen molar-refractivity contribution in [2.24, 2.45) is 0 Å². The topological polar surface area (TPSA) is 70.2 Å². The molecule has 0 saturated carbocycles. The molecule has 1 heterocycles. The van der Waals surface area contributed by atoms with Gasteiger partial charge in [-0.15, -0.1) is 0 Å². The van der Waals surface area contributed by atoms with Gasteiger partial charge in [-0.1, -0.05) is 30.3 Å². The van der Waals surface area contributed by atoms with E-state index in [1.54, 1.807) is 18.2 Å². The van der Waals surface area contributed by atoms with E-state index in [4.69, 9.17) is 0 Å². The molecule has 1 aromatic heterocycles. The zero-order valence-corrected chi connectivity index (χ0v) is 13.2. The maximum absolute atomic E-state index is 12.6. The Morgan fingerprint density at radius 3 is 2.40 bits per heavy atom. The van der Waals surface area contributed by atoms with Crippen LogP contribution in [0.2, 0.25) is 0 Å². The fourth-order valence-electron chi connectivity index (χ4n) is 3.80. The zero-order valence-electron chi connectivity index (χ0n) is 13.2. The lowest BCUT2D eigenvalue weighted by molar-refractivity contribution is 0.0923. The van der Waals surface area contributed by atoms with Crippen LogP contribution < -0.4 is 0 Å². The molecular weight excluding hydrogens is 314 g/mol. The first-order valence-electron chi connectivity index (χ1n) is 8.07. The summed E-state index contributed by atoms with van der Waals surface area (Å²) in [5.41, 5.74) is 4.23. The number of aromatic nitrogens is 1. The van der Waals surface area contributed by atoms with Crippen LogP contribution >= 0.6 is 0 Å². The molecule has 0 bridgehead atoms. The molecule has 0 spiro atoms. The molecule has 0 unspecified atom stereocenters. The SMILES string of the molecule is O=C1CC(=O)c2c1c(-c1ccccc1)cc1[nH]c3cc(O)ccc3c21. The quantitative estimate of drug-likeness (QED) is 0.507. The number of nitrogens with one attached hydrogen (secondary N) is 1. The molecule has 0 fully saturated rings. The van der Waals surface area contributed by atoms with Crippen molar-refractivity contribution in [3.63, 3.8) is 0 Å². The first-order chi connectivity index (χ1) is 12.1. The minimum atomic E-state index is -0.142. The number of ketones is 2. The van der Waals surface area contributed by atoms with Gasteiger partial charge >= 0.3 is 0 Å². The van der Waals surface area contributed by atoms with E-state index in [9.17, 15) is 14.7 Å². The summed E-state index contributed by atoms with van der Waals surface area (Å²) in [7, 11) is 0. The molecule has 0 amide bonds. The summed E-state index contributed by atoms with van der Waals surface area (Å²) in [6.45, 7) is 0. The maximum Gasteiger partial charge on any atom is 0.172 e. The average Bonchev–Trinajstić information content (AvgIpc) is 3.11. The third-order valence-corrected chi connectivity index (χ3v) is 4.83. The van der Waals surface area contributed by atoms with Crippen molar-refractivity contribution in [2.45, 2.75) is 6.42 Å². The number of carbonyl (C=O) groups is 2. The van der Waals surface area contributed by atoms with Crippen LogP contribution in [0.4, 0.5) is 0 Å². The predicted molar refractivity (Wildman–Crippen MR) is 96.2 cm³/mol. The number of hydrogen-bond acceptors (Lipinski definition) is 3. The van der Waals surface area contributed by atoms with Gasteiger partial charge in [0, 0.05) is 33.5 Å². The van der Waals surface area contributed by atoms with Gasteiger partial charge in [-0.25, -0.2) is 0 Å². The summed E-state index contributed by atoms with van der Waals surface area (Å²) in [6.07, 6.45) is -0.0843. The van der Waals surface area contributed by atoms with E-state index in [1.165, 1.54) is 0 Å². The Kier molecular flexibility index (Phi) is 2.69. The lowest BCUT2D eigenvalue weighted by Gasteiger charge is -2.09. The second-order valence-corrected chi connectivity index (χ2v) is 6.34. The molecular formula is C21H13NO3. The summed E-state index contributed by atoms with van der Waals surface area (Å²) >= 11 is 0. The van der Waals surface area contributed by atoms with Gasteiger partial charge in [0.2, 0.25) is 0 Å². The summed E-state index contributed by atoms with van der Waals surface area (Å²) in [4.78, 5) is 28.4. The molecule has 120 valence electrons. The van der Waals surface area contributed by atoms with Gasteiger partial charge in [0.05, 0.1) is 11.9 Å². The van der Waals surface area contributed by atoms with Gasteiger partial charge in [0.1, 0.15) is 5.75 Å². The molecule has 1 aliphatic carbocycles. The summed E-state index contributed by atoms with van der Waals surface area (Å²) in [5.74, 6) is -0.118. The largest absolute Gasteiger partial charge is 0.508 e. The zero-order chi connectivity index (χ0) is 17.1. The Bertz CT molecular complexity index is 1200. The van der Waals surface area contributed by atoms with Gasteiger partial charge < -0.3 is 10.1 Å². The Balaban J connectivity index is 1.98. The molecule has 0 aliphatic heterocycles. The number of aromatic amines is 1. The number of benzene rings is 3. The summed E-state index contributed by atoms with van der Waals surface area (Å²) in [5, 5.41) is 11.3. The summed E-state index contributed by atoms with van der Waals surface area (Å²) < 4.78 is 0. The number of H-pyrrole nitrogens is 1. The van der Waals surface area contributed by atoms with Crippen LogP contribution in [-0.4, -0.2) is 21.7 Å². The van der Waals surface area contributed by atoms with Crippen LogP contribution in [0.15, 0.2) is 54.6 Å². The van der Waals surface area contributed by atoms with Crippen LogP contribution in [0.5, 0.6) is 5.75 Å². The number of rotatable bonds is 1. The lowest BCUT2D eigenvalue weighted by Crippen LogP contribution is -1.96. The first-order valence-corrected chi connectivity index (χ1v) is 8.07. The van der Waals surface area contributed by atoms with Crippen molar-refractivity contribution >= 4 is 33.4 Å². The third kappa shape index (κ3) is 1.88. The Morgan fingerprint density at radius 2 is 1.60 bits per heavy atom. The fraction of sp³-hybridized carbons (Fsp3) is 0.0476. The molecule has 4 nitrogen and oxygen atoms in total. The van der Waals surface area contributed by atoms with E-state index in [2.05, 4.69) is 4.98 Å².